The number of piperazine rings is 1. The number of hydrogen-bond acceptors (Lipinski definition) is 5. The van der Waals surface area contributed by atoms with Crippen LogP contribution in [-0.4, -0.2) is 88.8 Å². The zero-order chi connectivity index (χ0) is 27.8. The fourth-order valence-corrected chi connectivity index (χ4v) is 5.16. The number of benzene rings is 3. The molecule has 9 nitrogen and oxygen atoms in total. The summed E-state index contributed by atoms with van der Waals surface area (Å²) >= 11 is 0. The number of hydrogen-bond donors (Lipinski definition) is 2. The number of nitrogens with zero attached hydrogens (tertiary/aromatic N) is 3. The Morgan fingerprint density at radius 3 is 2.03 bits per heavy atom. The van der Waals surface area contributed by atoms with E-state index in [9.17, 15) is 24.6 Å². The predicted octanol–water partition coefficient (Wildman–Crippen LogP) is 4.24. The molecule has 1 heterocycles. The fourth-order valence-electron chi connectivity index (χ4n) is 5.16. The van der Waals surface area contributed by atoms with Gasteiger partial charge in [-0.15, -0.1) is 0 Å². The van der Waals surface area contributed by atoms with E-state index in [1.165, 1.54) is 9.80 Å². The molecular formula is C30H33N3O6. The van der Waals surface area contributed by atoms with Gasteiger partial charge in [-0.2, -0.15) is 0 Å². The molecule has 1 fully saturated rings. The van der Waals surface area contributed by atoms with Crippen molar-refractivity contribution in [2.45, 2.75) is 18.5 Å². The first-order valence-electron chi connectivity index (χ1n) is 12.8. The number of ether oxygens (including phenoxy) is 1. The van der Waals surface area contributed by atoms with Gasteiger partial charge in [-0.3, -0.25) is 9.69 Å². The highest BCUT2D eigenvalue weighted by Crippen LogP contribution is 2.27. The van der Waals surface area contributed by atoms with Crippen LogP contribution >= 0.6 is 0 Å². The van der Waals surface area contributed by atoms with Gasteiger partial charge < -0.3 is 24.7 Å². The van der Waals surface area contributed by atoms with Crippen LogP contribution in [0.2, 0.25) is 0 Å². The van der Waals surface area contributed by atoms with Crippen LogP contribution in [0.15, 0.2) is 84.9 Å². The topological polar surface area (TPSA) is 111 Å². The quantitative estimate of drug-likeness (QED) is 0.403. The SMILES string of the molecule is COc1ccccc1CN(CC(=O)C(c1ccccc1)c1ccccc1)C[C@H]1CN(C(=O)O)CCN1C(=O)O. The van der Waals surface area contributed by atoms with Crippen molar-refractivity contribution in [3.05, 3.63) is 102 Å². The van der Waals surface area contributed by atoms with Crippen LogP contribution in [0, 0.1) is 0 Å². The number of ketones is 1. The van der Waals surface area contributed by atoms with Crippen molar-refractivity contribution in [1.82, 2.24) is 14.7 Å². The van der Waals surface area contributed by atoms with Gasteiger partial charge in [-0.05, 0) is 17.2 Å². The van der Waals surface area contributed by atoms with Crippen molar-refractivity contribution in [1.29, 1.82) is 0 Å². The summed E-state index contributed by atoms with van der Waals surface area (Å²) in [6.45, 7) is 0.731. The van der Waals surface area contributed by atoms with Gasteiger partial charge in [0.15, 0.2) is 5.78 Å². The third kappa shape index (κ3) is 6.94. The predicted molar refractivity (Wildman–Crippen MR) is 146 cm³/mol. The van der Waals surface area contributed by atoms with E-state index < -0.39 is 24.1 Å². The average Bonchev–Trinajstić information content (AvgIpc) is 2.94. The Morgan fingerprint density at radius 2 is 1.46 bits per heavy atom. The second kappa shape index (κ2) is 12.9. The van der Waals surface area contributed by atoms with Crippen molar-refractivity contribution in [3.63, 3.8) is 0 Å². The van der Waals surface area contributed by atoms with Crippen LogP contribution in [0.1, 0.15) is 22.6 Å². The standard InChI is InChI=1S/C30H33N3O6/c1-39-27-15-9-8-14-24(27)18-31(19-25-20-32(29(35)36)16-17-33(25)30(37)38)21-26(34)28(22-10-4-2-5-11-22)23-12-6-3-7-13-23/h2-15,25,28H,16-21H2,1H3,(H,35,36)(H,37,38)/t25-/m0/s1. The smallest absolute Gasteiger partial charge is 0.407 e. The Bertz CT molecular complexity index is 1230. The van der Waals surface area contributed by atoms with E-state index in [0.29, 0.717) is 12.3 Å². The fraction of sp³-hybridized carbons (Fsp3) is 0.300. The zero-order valence-electron chi connectivity index (χ0n) is 21.8. The molecule has 2 N–H and O–H groups in total. The molecule has 4 rings (SSSR count). The van der Waals surface area contributed by atoms with Crippen molar-refractivity contribution in [3.8, 4) is 5.75 Å². The van der Waals surface area contributed by atoms with Crippen LogP contribution in [0.3, 0.4) is 0 Å². The monoisotopic (exact) mass is 531 g/mol. The number of carboxylic acid groups (broad SMARTS) is 2. The Morgan fingerprint density at radius 1 is 0.872 bits per heavy atom. The summed E-state index contributed by atoms with van der Waals surface area (Å²) in [6.07, 6.45) is -2.20. The molecule has 0 saturated carbocycles. The van der Waals surface area contributed by atoms with Crippen LogP contribution in [0.25, 0.3) is 0 Å². The minimum Gasteiger partial charge on any atom is -0.496 e. The van der Waals surface area contributed by atoms with E-state index in [2.05, 4.69) is 0 Å². The van der Waals surface area contributed by atoms with Gasteiger partial charge in [0.2, 0.25) is 0 Å². The van der Waals surface area contributed by atoms with Gasteiger partial charge in [0.1, 0.15) is 5.75 Å². The lowest BCUT2D eigenvalue weighted by atomic mass is 9.87. The molecule has 1 saturated heterocycles. The maximum absolute atomic E-state index is 14.0. The Hall–Kier alpha value is -4.37. The summed E-state index contributed by atoms with van der Waals surface area (Å²) in [7, 11) is 1.58. The molecule has 3 aromatic rings. The summed E-state index contributed by atoms with van der Waals surface area (Å²) in [5.74, 6) is 0.101. The highest BCUT2D eigenvalue weighted by Gasteiger charge is 2.35. The number of carbonyl (C=O) groups excluding carboxylic acids is 1. The third-order valence-electron chi connectivity index (χ3n) is 7.02. The second-order valence-corrected chi connectivity index (χ2v) is 9.56. The largest absolute Gasteiger partial charge is 0.496 e. The molecule has 204 valence electrons. The first-order chi connectivity index (χ1) is 18.9. The molecule has 1 atom stereocenters. The van der Waals surface area contributed by atoms with Crippen molar-refractivity contribution in [2.75, 3.05) is 39.8 Å². The molecule has 1 aliphatic rings. The van der Waals surface area contributed by atoms with Crippen LogP contribution < -0.4 is 4.74 Å². The lowest BCUT2D eigenvalue weighted by Gasteiger charge is -2.41. The number of amides is 2. The maximum Gasteiger partial charge on any atom is 0.407 e. The van der Waals surface area contributed by atoms with Gasteiger partial charge in [-0.1, -0.05) is 78.9 Å². The normalized spacial score (nSPS) is 15.4. The van der Waals surface area contributed by atoms with Crippen LogP contribution in [-0.2, 0) is 11.3 Å². The molecule has 0 radical (unpaired) electrons. The number of carbonyl (C=O) groups is 3. The average molecular weight is 532 g/mol. The van der Waals surface area contributed by atoms with Crippen molar-refractivity contribution < 1.29 is 29.3 Å². The third-order valence-corrected chi connectivity index (χ3v) is 7.02. The van der Waals surface area contributed by atoms with E-state index in [4.69, 9.17) is 4.74 Å². The van der Waals surface area contributed by atoms with E-state index >= 15 is 0 Å². The molecule has 0 aromatic heterocycles. The van der Waals surface area contributed by atoms with Crippen molar-refractivity contribution in [2.24, 2.45) is 0 Å². The first-order valence-corrected chi connectivity index (χ1v) is 12.8. The Labute approximate surface area is 227 Å². The molecule has 0 aliphatic carbocycles. The summed E-state index contributed by atoms with van der Waals surface area (Å²) < 4.78 is 5.53. The van der Waals surface area contributed by atoms with Gasteiger partial charge in [0.05, 0.1) is 25.6 Å². The minimum atomic E-state index is -1.11. The van der Waals surface area contributed by atoms with E-state index in [-0.39, 0.29) is 38.5 Å². The lowest BCUT2D eigenvalue weighted by Crippen LogP contribution is -2.59. The highest BCUT2D eigenvalue weighted by atomic mass is 16.5. The second-order valence-electron chi connectivity index (χ2n) is 9.56. The molecule has 2 amide bonds. The highest BCUT2D eigenvalue weighted by molar-refractivity contribution is 5.90. The molecule has 0 spiro atoms. The summed E-state index contributed by atoms with van der Waals surface area (Å²) in [6, 6.07) is 26.0. The van der Waals surface area contributed by atoms with Crippen molar-refractivity contribution >= 4 is 18.0 Å². The van der Waals surface area contributed by atoms with Gasteiger partial charge >= 0.3 is 12.2 Å². The Balaban J connectivity index is 1.66. The van der Waals surface area contributed by atoms with E-state index in [1.807, 2.05) is 89.8 Å². The Kier molecular flexibility index (Phi) is 9.17. The number of methoxy groups -OCH3 is 1. The molecule has 9 heteroatoms. The summed E-state index contributed by atoms with van der Waals surface area (Å²) in [4.78, 5) is 42.1. The van der Waals surface area contributed by atoms with Gasteiger partial charge in [0.25, 0.3) is 0 Å². The molecule has 39 heavy (non-hydrogen) atoms. The number of para-hydroxylation sites is 1. The van der Waals surface area contributed by atoms with Crippen LogP contribution in [0.5, 0.6) is 5.75 Å². The van der Waals surface area contributed by atoms with Gasteiger partial charge in [-0.25, -0.2) is 9.59 Å². The summed E-state index contributed by atoms with van der Waals surface area (Å²) in [5, 5.41) is 19.4. The molecule has 0 bridgehead atoms. The lowest BCUT2D eigenvalue weighted by molar-refractivity contribution is -0.121. The molecule has 1 aliphatic heterocycles. The maximum atomic E-state index is 14.0. The minimum absolute atomic E-state index is 0.0268. The van der Waals surface area contributed by atoms with Crippen LogP contribution in [0.4, 0.5) is 9.59 Å². The first kappa shape index (κ1) is 27.7. The van der Waals surface area contributed by atoms with Gasteiger partial charge in [0, 0.05) is 38.3 Å². The van der Waals surface area contributed by atoms with E-state index in [0.717, 1.165) is 16.7 Å². The molecule has 3 aromatic carbocycles. The zero-order valence-corrected chi connectivity index (χ0v) is 21.8. The molecule has 0 unspecified atom stereocenters. The van der Waals surface area contributed by atoms with E-state index in [1.54, 1.807) is 7.11 Å². The molecular weight excluding hydrogens is 498 g/mol. The number of rotatable bonds is 10. The number of Topliss-reactive ketones (excluding diaryl/α,β-unsaturated/α-hetero) is 1. The summed E-state index contributed by atoms with van der Waals surface area (Å²) in [5.41, 5.74) is 2.58.